The number of methoxy groups -OCH3 is 2. The van der Waals surface area contributed by atoms with Gasteiger partial charge < -0.3 is 30.4 Å². The molecule has 0 spiro atoms. The molecule has 0 amide bonds. The summed E-state index contributed by atoms with van der Waals surface area (Å²) in [5, 5.41) is 0. The zero-order valence-corrected chi connectivity index (χ0v) is 16.1. The Hall–Kier alpha value is -3.16. The van der Waals surface area contributed by atoms with Crippen LogP contribution < -0.4 is 11.5 Å². The van der Waals surface area contributed by atoms with E-state index in [0.29, 0.717) is 30.0 Å². The molecule has 0 saturated carbocycles. The van der Waals surface area contributed by atoms with Crippen LogP contribution in [0.4, 0.5) is 0 Å². The van der Waals surface area contributed by atoms with Gasteiger partial charge in [0, 0.05) is 36.4 Å². The van der Waals surface area contributed by atoms with Gasteiger partial charge in [-0.3, -0.25) is 4.79 Å². The molecule has 8 heteroatoms. The lowest BCUT2D eigenvalue weighted by molar-refractivity contribution is -0.149. The number of esters is 2. The summed E-state index contributed by atoms with van der Waals surface area (Å²) in [5.74, 6) is 0.423. The number of carbonyl (C=O) groups is 2. The standard InChI is InChI=1S/C20H26N2O6/c1-25-16-5-3-13(18(12-16)26-2)4-6-19(23)27-8-7-20(24)28-17-10-14(21)9-15(22)11-17/h4,6,9-10,12,17H,3,5,7-8,11,21-22H2,1-2H3/b6-4+. The van der Waals surface area contributed by atoms with Crippen LogP contribution in [-0.2, 0) is 28.5 Å². The molecule has 0 aromatic carbocycles. The van der Waals surface area contributed by atoms with Crippen LogP contribution >= 0.6 is 0 Å². The van der Waals surface area contributed by atoms with Gasteiger partial charge in [0.25, 0.3) is 0 Å². The Labute approximate surface area is 164 Å². The van der Waals surface area contributed by atoms with E-state index in [9.17, 15) is 9.59 Å². The summed E-state index contributed by atoms with van der Waals surface area (Å²) in [6, 6.07) is 0. The summed E-state index contributed by atoms with van der Waals surface area (Å²) < 4.78 is 20.8. The minimum atomic E-state index is -0.550. The van der Waals surface area contributed by atoms with Crippen molar-refractivity contribution in [3.8, 4) is 0 Å². The smallest absolute Gasteiger partial charge is 0.330 e. The second-order valence-corrected chi connectivity index (χ2v) is 6.28. The molecule has 1 atom stereocenters. The van der Waals surface area contributed by atoms with Crippen molar-refractivity contribution >= 4 is 11.9 Å². The molecular weight excluding hydrogens is 364 g/mol. The molecule has 2 aliphatic carbocycles. The van der Waals surface area contributed by atoms with Crippen molar-refractivity contribution in [1.29, 1.82) is 0 Å². The lowest BCUT2D eigenvalue weighted by Crippen LogP contribution is -2.24. The number of carbonyl (C=O) groups excluding carboxylic acids is 2. The Kier molecular flexibility index (Phi) is 7.74. The maximum absolute atomic E-state index is 11.8. The second kappa shape index (κ2) is 10.2. The Morgan fingerprint density at radius 3 is 2.64 bits per heavy atom. The summed E-state index contributed by atoms with van der Waals surface area (Å²) >= 11 is 0. The van der Waals surface area contributed by atoms with Gasteiger partial charge in [0.1, 0.15) is 18.5 Å². The Morgan fingerprint density at radius 2 is 1.96 bits per heavy atom. The van der Waals surface area contributed by atoms with Gasteiger partial charge in [-0.15, -0.1) is 0 Å². The summed E-state index contributed by atoms with van der Waals surface area (Å²) in [6.45, 7) is -0.0802. The Bertz CT molecular complexity index is 761. The van der Waals surface area contributed by atoms with Crippen LogP contribution in [0, 0.1) is 0 Å². The topological polar surface area (TPSA) is 123 Å². The molecule has 2 rings (SSSR count). The summed E-state index contributed by atoms with van der Waals surface area (Å²) in [6.07, 6.45) is 9.25. The maximum atomic E-state index is 11.8. The molecule has 0 aromatic heterocycles. The fraction of sp³-hybridized carbons (Fsp3) is 0.400. The quantitative estimate of drug-likeness (QED) is 0.474. The Morgan fingerprint density at radius 1 is 1.18 bits per heavy atom. The van der Waals surface area contributed by atoms with Crippen LogP contribution in [0.5, 0.6) is 0 Å². The summed E-state index contributed by atoms with van der Waals surface area (Å²) in [4.78, 5) is 23.7. The zero-order chi connectivity index (χ0) is 20.5. The van der Waals surface area contributed by atoms with Crippen LogP contribution in [0.15, 0.2) is 58.9 Å². The van der Waals surface area contributed by atoms with E-state index in [0.717, 1.165) is 17.8 Å². The lowest BCUT2D eigenvalue weighted by Gasteiger charge is -2.18. The first-order chi connectivity index (χ1) is 13.4. The van der Waals surface area contributed by atoms with Crippen LogP contribution in [-0.4, -0.2) is 38.9 Å². The van der Waals surface area contributed by atoms with E-state index in [1.807, 2.05) is 0 Å². The molecule has 2 aliphatic rings. The van der Waals surface area contributed by atoms with Gasteiger partial charge in [-0.2, -0.15) is 0 Å². The first-order valence-corrected chi connectivity index (χ1v) is 8.90. The number of allylic oxidation sites excluding steroid dienone is 5. The fourth-order valence-electron chi connectivity index (χ4n) is 2.79. The van der Waals surface area contributed by atoms with E-state index in [-0.39, 0.29) is 13.0 Å². The average molecular weight is 390 g/mol. The Balaban J connectivity index is 1.76. The van der Waals surface area contributed by atoms with E-state index < -0.39 is 18.0 Å². The van der Waals surface area contributed by atoms with Gasteiger partial charge in [-0.05, 0) is 30.2 Å². The second-order valence-electron chi connectivity index (χ2n) is 6.28. The number of ether oxygens (including phenoxy) is 4. The number of rotatable bonds is 8. The van der Waals surface area contributed by atoms with Gasteiger partial charge in [0.05, 0.1) is 26.4 Å². The monoisotopic (exact) mass is 390 g/mol. The molecule has 28 heavy (non-hydrogen) atoms. The van der Waals surface area contributed by atoms with Crippen molar-refractivity contribution in [2.45, 2.75) is 31.8 Å². The minimum absolute atomic E-state index is 0.0562. The highest BCUT2D eigenvalue weighted by Crippen LogP contribution is 2.25. The molecule has 0 bridgehead atoms. The fourth-order valence-corrected chi connectivity index (χ4v) is 2.79. The summed E-state index contributed by atoms with van der Waals surface area (Å²) in [7, 11) is 3.16. The third-order valence-corrected chi connectivity index (χ3v) is 4.15. The molecule has 8 nitrogen and oxygen atoms in total. The molecule has 152 valence electrons. The average Bonchev–Trinajstić information content (AvgIpc) is 2.65. The molecular formula is C20H26N2O6. The lowest BCUT2D eigenvalue weighted by atomic mass is 10.0. The minimum Gasteiger partial charge on any atom is -0.501 e. The molecule has 0 aliphatic heterocycles. The maximum Gasteiger partial charge on any atom is 0.330 e. The normalized spacial score (nSPS) is 19.5. The van der Waals surface area contributed by atoms with E-state index >= 15 is 0 Å². The van der Waals surface area contributed by atoms with Crippen LogP contribution in [0.25, 0.3) is 0 Å². The molecule has 0 fully saturated rings. The molecule has 0 aromatic rings. The van der Waals surface area contributed by atoms with Crippen LogP contribution in [0.1, 0.15) is 25.7 Å². The first-order valence-electron chi connectivity index (χ1n) is 8.90. The van der Waals surface area contributed by atoms with Crippen molar-refractivity contribution < 1.29 is 28.5 Å². The molecule has 0 saturated heterocycles. The van der Waals surface area contributed by atoms with Gasteiger partial charge in [0.15, 0.2) is 0 Å². The van der Waals surface area contributed by atoms with Crippen molar-refractivity contribution in [3.63, 3.8) is 0 Å². The van der Waals surface area contributed by atoms with Gasteiger partial charge in [0.2, 0.25) is 0 Å². The molecule has 4 N–H and O–H groups in total. The predicted octanol–water partition coefficient (Wildman–Crippen LogP) is 1.70. The third-order valence-electron chi connectivity index (χ3n) is 4.15. The predicted molar refractivity (Wildman–Crippen MR) is 102 cm³/mol. The van der Waals surface area contributed by atoms with Crippen molar-refractivity contribution in [1.82, 2.24) is 0 Å². The van der Waals surface area contributed by atoms with E-state index in [2.05, 4.69) is 0 Å². The zero-order valence-electron chi connectivity index (χ0n) is 16.1. The first kappa shape index (κ1) is 21.1. The summed E-state index contributed by atoms with van der Waals surface area (Å²) in [5.41, 5.74) is 13.3. The highest BCUT2D eigenvalue weighted by atomic mass is 16.6. The largest absolute Gasteiger partial charge is 0.501 e. The molecule has 0 heterocycles. The highest BCUT2D eigenvalue weighted by Gasteiger charge is 2.17. The van der Waals surface area contributed by atoms with E-state index in [4.69, 9.17) is 30.4 Å². The van der Waals surface area contributed by atoms with Crippen molar-refractivity contribution in [3.05, 3.63) is 58.9 Å². The van der Waals surface area contributed by atoms with E-state index in [1.54, 1.807) is 38.5 Å². The van der Waals surface area contributed by atoms with Crippen molar-refractivity contribution in [2.24, 2.45) is 11.5 Å². The van der Waals surface area contributed by atoms with Crippen LogP contribution in [0.2, 0.25) is 0 Å². The number of hydrogen-bond acceptors (Lipinski definition) is 8. The number of nitrogens with two attached hydrogens (primary N) is 2. The number of hydrogen-bond donors (Lipinski definition) is 2. The highest BCUT2D eigenvalue weighted by molar-refractivity contribution is 5.83. The van der Waals surface area contributed by atoms with Gasteiger partial charge in [-0.25, -0.2) is 4.79 Å². The van der Waals surface area contributed by atoms with Crippen LogP contribution in [0.3, 0.4) is 0 Å². The third kappa shape index (κ3) is 6.53. The SMILES string of the molecule is COC1=CC(OC)=C(/C=C/C(=O)OCCC(=O)OC2C=C(N)C=C(N)C2)CC1. The van der Waals surface area contributed by atoms with Gasteiger partial charge in [-0.1, -0.05) is 0 Å². The molecule has 0 radical (unpaired) electrons. The van der Waals surface area contributed by atoms with E-state index in [1.165, 1.54) is 6.08 Å². The van der Waals surface area contributed by atoms with Gasteiger partial charge >= 0.3 is 11.9 Å². The molecule has 1 unspecified atom stereocenters. The van der Waals surface area contributed by atoms with Crippen molar-refractivity contribution in [2.75, 3.05) is 20.8 Å².